The van der Waals surface area contributed by atoms with Crippen LogP contribution in [0.15, 0.2) is 47.4 Å². The van der Waals surface area contributed by atoms with Gasteiger partial charge in [-0.25, -0.2) is 0 Å². The lowest BCUT2D eigenvalue weighted by atomic mass is 9.94. The number of amides is 1. The molecule has 5 heteroatoms. The number of benzene rings is 1. The Labute approximate surface area is 131 Å². The van der Waals surface area contributed by atoms with Crippen molar-refractivity contribution >= 4 is 21.8 Å². The molecular formula is C16H17BrN2O2. The smallest absolute Gasteiger partial charge is 0.257 e. The van der Waals surface area contributed by atoms with Crippen LogP contribution in [0.4, 0.5) is 0 Å². The van der Waals surface area contributed by atoms with Gasteiger partial charge in [0.25, 0.3) is 5.91 Å². The Kier molecular flexibility index (Phi) is 4.63. The van der Waals surface area contributed by atoms with Crippen LogP contribution in [0.5, 0.6) is 0 Å². The van der Waals surface area contributed by atoms with Gasteiger partial charge in [0.15, 0.2) is 5.43 Å². The average Bonchev–Trinajstić information content (AvgIpc) is 2.47. The predicted octanol–water partition coefficient (Wildman–Crippen LogP) is 2.72. The number of halogens is 1. The SMILES string of the molecule is Cc1cc(=O)c(C(=O)NC(C)(CBr)c2ccccc2)c[nH]1. The van der Waals surface area contributed by atoms with Crippen molar-refractivity contribution in [1.82, 2.24) is 10.3 Å². The Morgan fingerprint density at radius 2 is 2.00 bits per heavy atom. The van der Waals surface area contributed by atoms with Crippen molar-refractivity contribution in [2.75, 3.05) is 5.33 Å². The van der Waals surface area contributed by atoms with E-state index in [0.717, 1.165) is 11.3 Å². The Hall–Kier alpha value is -1.88. The highest BCUT2D eigenvalue weighted by Gasteiger charge is 2.28. The zero-order chi connectivity index (χ0) is 15.5. The largest absolute Gasteiger partial charge is 0.364 e. The maximum atomic E-state index is 12.4. The van der Waals surface area contributed by atoms with E-state index in [9.17, 15) is 9.59 Å². The van der Waals surface area contributed by atoms with Crippen molar-refractivity contribution in [2.24, 2.45) is 0 Å². The molecule has 4 nitrogen and oxygen atoms in total. The molecule has 21 heavy (non-hydrogen) atoms. The molecule has 1 heterocycles. The molecule has 0 aliphatic rings. The minimum Gasteiger partial charge on any atom is -0.364 e. The molecule has 110 valence electrons. The van der Waals surface area contributed by atoms with Gasteiger partial charge in [-0.05, 0) is 19.4 Å². The van der Waals surface area contributed by atoms with Crippen molar-refractivity contribution < 1.29 is 4.79 Å². The minimum absolute atomic E-state index is 0.115. The third-order valence-corrected chi connectivity index (χ3v) is 4.49. The average molecular weight is 349 g/mol. The van der Waals surface area contributed by atoms with Crippen LogP contribution in [-0.2, 0) is 5.54 Å². The molecule has 0 aliphatic carbocycles. The maximum absolute atomic E-state index is 12.4. The van der Waals surface area contributed by atoms with E-state index in [1.807, 2.05) is 37.3 Å². The van der Waals surface area contributed by atoms with Crippen LogP contribution in [0.1, 0.15) is 28.5 Å². The van der Waals surface area contributed by atoms with E-state index in [-0.39, 0.29) is 16.9 Å². The number of rotatable bonds is 4. The number of pyridine rings is 1. The van der Waals surface area contributed by atoms with E-state index in [1.54, 1.807) is 6.92 Å². The summed E-state index contributed by atoms with van der Waals surface area (Å²) in [6.45, 7) is 3.69. The van der Waals surface area contributed by atoms with Gasteiger partial charge in [-0.2, -0.15) is 0 Å². The lowest BCUT2D eigenvalue weighted by molar-refractivity contribution is 0.0912. The predicted molar refractivity (Wildman–Crippen MR) is 86.9 cm³/mol. The number of alkyl halides is 1. The number of aromatic amines is 1. The van der Waals surface area contributed by atoms with Crippen LogP contribution in [0, 0.1) is 6.92 Å². The molecule has 0 aliphatic heterocycles. The Bertz CT molecular complexity index is 697. The summed E-state index contributed by atoms with van der Waals surface area (Å²) in [6.07, 6.45) is 1.45. The second-order valence-electron chi connectivity index (χ2n) is 5.18. The molecule has 1 amide bonds. The third-order valence-electron chi connectivity index (χ3n) is 3.37. The summed E-state index contributed by atoms with van der Waals surface area (Å²) in [6, 6.07) is 11.1. The first-order valence-electron chi connectivity index (χ1n) is 6.59. The van der Waals surface area contributed by atoms with Crippen LogP contribution < -0.4 is 10.7 Å². The molecule has 0 spiro atoms. The molecule has 1 unspecified atom stereocenters. The van der Waals surface area contributed by atoms with Gasteiger partial charge in [0.1, 0.15) is 5.56 Å². The standard InChI is InChI=1S/C16H17BrN2O2/c1-11-8-14(20)13(9-18-11)15(21)19-16(2,10-17)12-6-4-3-5-7-12/h3-9H,10H2,1-2H3,(H,18,20)(H,19,21). The van der Waals surface area contributed by atoms with E-state index < -0.39 is 5.54 Å². The second kappa shape index (κ2) is 6.26. The molecule has 0 radical (unpaired) electrons. The summed E-state index contributed by atoms with van der Waals surface area (Å²) >= 11 is 3.44. The van der Waals surface area contributed by atoms with Gasteiger partial charge in [0.05, 0.1) is 5.54 Å². The van der Waals surface area contributed by atoms with Gasteiger partial charge in [0, 0.05) is 23.3 Å². The van der Waals surface area contributed by atoms with E-state index in [1.165, 1.54) is 12.3 Å². The van der Waals surface area contributed by atoms with Crippen molar-refractivity contribution in [2.45, 2.75) is 19.4 Å². The van der Waals surface area contributed by atoms with Crippen LogP contribution in [0.25, 0.3) is 0 Å². The van der Waals surface area contributed by atoms with Crippen LogP contribution in [0.3, 0.4) is 0 Å². The zero-order valence-corrected chi connectivity index (χ0v) is 13.5. The first kappa shape index (κ1) is 15.5. The Balaban J connectivity index is 2.30. The number of hydrogen-bond donors (Lipinski definition) is 2. The summed E-state index contributed by atoms with van der Waals surface area (Å²) < 4.78 is 0. The summed E-state index contributed by atoms with van der Waals surface area (Å²) in [7, 11) is 0. The van der Waals surface area contributed by atoms with Gasteiger partial charge in [0.2, 0.25) is 0 Å². The second-order valence-corrected chi connectivity index (χ2v) is 5.74. The number of carbonyl (C=O) groups is 1. The van der Waals surface area contributed by atoms with E-state index in [2.05, 4.69) is 26.2 Å². The van der Waals surface area contributed by atoms with Crippen LogP contribution in [0.2, 0.25) is 0 Å². The summed E-state index contributed by atoms with van der Waals surface area (Å²) in [5, 5.41) is 3.47. The van der Waals surface area contributed by atoms with Gasteiger partial charge in [-0.3, -0.25) is 9.59 Å². The first-order valence-corrected chi connectivity index (χ1v) is 7.72. The molecular weight excluding hydrogens is 332 g/mol. The van der Waals surface area contributed by atoms with Crippen LogP contribution in [-0.4, -0.2) is 16.2 Å². The molecule has 2 N–H and O–H groups in total. The number of aromatic nitrogens is 1. The number of carbonyl (C=O) groups excluding carboxylic acids is 1. The summed E-state index contributed by atoms with van der Waals surface area (Å²) in [5.74, 6) is -0.387. The Morgan fingerprint density at radius 3 is 2.57 bits per heavy atom. The van der Waals surface area contributed by atoms with E-state index >= 15 is 0 Å². The first-order chi connectivity index (χ1) is 9.96. The normalized spacial score (nSPS) is 13.5. The molecule has 2 aromatic rings. The number of aryl methyl sites for hydroxylation is 1. The fourth-order valence-corrected chi connectivity index (χ4v) is 2.52. The molecule has 0 fully saturated rings. The van der Waals surface area contributed by atoms with Crippen LogP contribution >= 0.6 is 15.9 Å². The van der Waals surface area contributed by atoms with E-state index in [0.29, 0.717) is 5.33 Å². The quantitative estimate of drug-likeness (QED) is 0.834. The minimum atomic E-state index is -0.588. The molecule has 1 atom stereocenters. The fourth-order valence-electron chi connectivity index (χ4n) is 2.06. The number of nitrogens with one attached hydrogen (secondary N) is 2. The van der Waals surface area contributed by atoms with Gasteiger partial charge >= 0.3 is 0 Å². The fraction of sp³-hybridized carbons (Fsp3) is 0.250. The molecule has 1 aromatic carbocycles. The molecule has 1 aromatic heterocycles. The molecule has 2 rings (SSSR count). The zero-order valence-electron chi connectivity index (χ0n) is 11.9. The summed E-state index contributed by atoms with van der Waals surface area (Å²) in [4.78, 5) is 27.2. The highest BCUT2D eigenvalue weighted by Crippen LogP contribution is 2.23. The summed E-state index contributed by atoms with van der Waals surface area (Å²) in [5.41, 5.74) is 0.939. The van der Waals surface area contributed by atoms with Crippen molar-refractivity contribution in [3.63, 3.8) is 0 Å². The Morgan fingerprint density at radius 1 is 1.33 bits per heavy atom. The van der Waals surface area contributed by atoms with Crippen molar-refractivity contribution in [3.8, 4) is 0 Å². The molecule has 0 saturated heterocycles. The molecule has 0 saturated carbocycles. The number of H-pyrrole nitrogens is 1. The third kappa shape index (κ3) is 3.42. The maximum Gasteiger partial charge on any atom is 0.257 e. The van der Waals surface area contributed by atoms with Crippen molar-refractivity contribution in [3.05, 3.63) is 69.6 Å². The number of hydrogen-bond acceptors (Lipinski definition) is 2. The van der Waals surface area contributed by atoms with E-state index in [4.69, 9.17) is 0 Å². The van der Waals surface area contributed by atoms with Gasteiger partial charge in [-0.1, -0.05) is 46.3 Å². The topological polar surface area (TPSA) is 62.0 Å². The van der Waals surface area contributed by atoms with Gasteiger partial charge in [-0.15, -0.1) is 0 Å². The monoisotopic (exact) mass is 348 g/mol. The highest BCUT2D eigenvalue weighted by molar-refractivity contribution is 9.09. The lowest BCUT2D eigenvalue weighted by Crippen LogP contribution is -2.46. The lowest BCUT2D eigenvalue weighted by Gasteiger charge is -2.29. The van der Waals surface area contributed by atoms with Gasteiger partial charge < -0.3 is 10.3 Å². The molecule has 0 bridgehead atoms. The van der Waals surface area contributed by atoms with Crippen molar-refractivity contribution in [1.29, 1.82) is 0 Å². The highest BCUT2D eigenvalue weighted by atomic mass is 79.9.